The first-order valence-electron chi connectivity index (χ1n) is 20.7. The largest absolute Gasteiger partial charge is 0.455 e. The molecule has 0 spiro atoms. The molecule has 0 aliphatic rings. The van der Waals surface area contributed by atoms with Gasteiger partial charge < -0.3 is 9.32 Å². The van der Waals surface area contributed by atoms with E-state index >= 15 is 0 Å². The van der Waals surface area contributed by atoms with E-state index in [4.69, 9.17) is 35.8 Å². The SMILES string of the molecule is [B]c1c([B])c(N(c2cccc(-c3cccc4ccccc34)c2)c2ccccc2-c2cccc3oc4c5ccccc5ccc4c23)c([B])c([B])c1-c1ccc(-c2ccccc2)cc1. The van der Waals surface area contributed by atoms with Crippen molar-refractivity contribution in [2.75, 3.05) is 4.90 Å². The molecule has 11 rings (SSSR count). The molecule has 6 heteroatoms. The van der Waals surface area contributed by atoms with Crippen molar-refractivity contribution in [2.45, 2.75) is 0 Å². The highest BCUT2D eigenvalue weighted by Gasteiger charge is 2.25. The summed E-state index contributed by atoms with van der Waals surface area (Å²) in [4.78, 5) is 2.11. The van der Waals surface area contributed by atoms with Crippen LogP contribution in [0.2, 0.25) is 0 Å². The minimum absolute atomic E-state index is 0.322. The van der Waals surface area contributed by atoms with Gasteiger partial charge in [-0.1, -0.05) is 192 Å². The Morgan fingerprint density at radius 3 is 1.73 bits per heavy atom. The molecular formula is C56H33B4NO. The molecule has 1 aromatic heterocycles. The first-order chi connectivity index (χ1) is 30.4. The fourth-order valence-corrected chi connectivity index (χ4v) is 9.18. The average Bonchev–Trinajstić information content (AvgIpc) is 3.73. The zero-order valence-corrected chi connectivity index (χ0v) is 33.7. The summed E-state index contributed by atoms with van der Waals surface area (Å²) in [5.74, 6) is 0. The van der Waals surface area contributed by atoms with Gasteiger partial charge in [-0.15, -0.1) is 0 Å². The van der Waals surface area contributed by atoms with Crippen LogP contribution < -0.4 is 26.8 Å². The number of fused-ring (bicyclic) bond motifs is 6. The smallest absolute Gasteiger partial charge is 0.143 e. The van der Waals surface area contributed by atoms with Gasteiger partial charge in [0, 0.05) is 33.1 Å². The number of hydrogen-bond acceptors (Lipinski definition) is 2. The summed E-state index contributed by atoms with van der Waals surface area (Å²) in [5.41, 5.74) is 12.8. The number of hydrogen-bond donors (Lipinski definition) is 0. The van der Waals surface area contributed by atoms with Gasteiger partial charge in [0.15, 0.2) is 0 Å². The summed E-state index contributed by atoms with van der Waals surface area (Å²) in [6.07, 6.45) is 0. The van der Waals surface area contributed by atoms with E-state index in [0.717, 1.165) is 93.8 Å². The van der Waals surface area contributed by atoms with Crippen LogP contribution in [0.25, 0.3) is 88.0 Å². The molecule has 0 aliphatic heterocycles. The maximum Gasteiger partial charge on any atom is 0.143 e. The number of para-hydroxylation sites is 1. The molecule has 0 unspecified atom stereocenters. The maximum absolute atomic E-state index is 7.28. The summed E-state index contributed by atoms with van der Waals surface area (Å²) in [7, 11) is 28.8. The summed E-state index contributed by atoms with van der Waals surface area (Å²) in [5, 5.41) is 6.54. The molecule has 0 atom stereocenters. The van der Waals surface area contributed by atoms with Crippen molar-refractivity contribution in [1.29, 1.82) is 0 Å². The summed E-state index contributed by atoms with van der Waals surface area (Å²) >= 11 is 0. The van der Waals surface area contributed by atoms with Crippen molar-refractivity contribution in [3.63, 3.8) is 0 Å². The third-order valence-electron chi connectivity index (χ3n) is 12.2. The molecule has 8 radical (unpaired) electrons. The Balaban J connectivity index is 1.15. The Kier molecular flexibility index (Phi) is 9.24. The lowest BCUT2D eigenvalue weighted by Gasteiger charge is -2.34. The predicted molar refractivity (Wildman–Crippen MR) is 267 cm³/mol. The second-order valence-electron chi connectivity index (χ2n) is 15.7. The van der Waals surface area contributed by atoms with Crippen molar-refractivity contribution in [1.82, 2.24) is 0 Å². The van der Waals surface area contributed by atoms with Crippen LogP contribution in [0.5, 0.6) is 0 Å². The Hall–Kier alpha value is -7.42. The zero-order chi connectivity index (χ0) is 41.9. The van der Waals surface area contributed by atoms with Gasteiger partial charge in [-0.3, -0.25) is 0 Å². The summed E-state index contributed by atoms with van der Waals surface area (Å²) in [6.45, 7) is 0. The van der Waals surface area contributed by atoms with Crippen molar-refractivity contribution in [3.8, 4) is 44.5 Å². The maximum atomic E-state index is 7.28. The molecule has 62 heavy (non-hydrogen) atoms. The normalized spacial score (nSPS) is 11.5. The van der Waals surface area contributed by atoms with E-state index in [1.54, 1.807) is 0 Å². The van der Waals surface area contributed by atoms with Crippen molar-refractivity contribution < 1.29 is 4.42 Å². The highest BCUT2D eigenvalue weighted by Crippen LogP contribution is 2.46. The quantitative estimate of drug-likeness (QED) is 0.150. The van der Waals surface area contributed by atoms with Crippen molar-refractivity contribution in [3.05, 3.63) is 200 Å². The second kappa shape index (κ2) is 15.2. The molecular weight excluding hydrogens is 746 g/mol. The molecule has 11 aromatic rings. The van der Waals surface area contributed by atoms with Gasteiger partial charge in [-0.25, -0.2) is 0 Å². The average molecular weight is 779 g/mol. The molecule has 0 bridgehead atoms. The lowest BCUT2D eigenvalue weighted by atomic mass is 9.64. The van der Waals surface area contributed by atoms with Gasteiger partial charge in [-0.2, -0.15) is 0 Å². The monoisotopic (exact) mass is 779 g/mol. The summed E-state index contributed by atoms with van der Waals surface area (Å²) < 4.78 is 6.67. The van der Waals surface area contributed by atoms with Gasteiger partial charge in [-0.05, 0) is 85.4 Å². The molecule has 1 heterocycles. The van der Waals surface area contributed by atoms with E-state index in [1.165, 1.54) is 0 Å². The number of nitrogens with zero attached hydrogens (tertiary/aromatic N) is 1. The minimum atomic E-state index is 0.322. The number of rotatable bonds is 7. The second-order valence-corrected chi connectivity index (χ2v) is 15.7. The fourth-order valence-electron chi connectivity index (χ4n) is 9.18. The Morgan fingerprint density at radius 1 is 0.371 bits per heavy atom. The van der Waals surface area contributed by atoms with E-state index in [9.17, 15) is 0 Å². The Bertz CT molecular complexity index is 3490. The number of anilines is 3. The number of benzene rings is 10. The summed E-state index contributed by atoms with van der Waals surface area (Å²) in [6, 6.07) is 68.8. The van der Waals surface area contributed by atoms with Gasteiger partial charge in [0.2, 0.25) is 0 Å². The third-order valence-corrected chi connectivity index (χ3v) is 12.2. The highest BCUT2D eigenvalue weighted by atomic mass is 16.3. The van der Waals surface area contributed by atoms with Crippen LogP contribution in [0.4, 0.5) is 17.1 Å². The van der Waals surface area contributed by atoms with E-state index in [0.29, 0.717) is 33.1 Å². The van der Waals surface area contributed by atoms with Gasteiger partial charge in [0.1, 0.15) is 42.6 Å². The van der Waals surface area contributed by atoms with Crippen LogP contribution in [0.15, 0.2) is 205 Å². The van der Waals surface area contributed by atoms with Gasteiger partial charge in [0.05, 0.1) is 5.69 Å². The van der Waals surface area contributed by atoms with Crippen molar-refractivity contribution in [2.24, 2.45) is 0 Å². The highest BCUT2D eigenvalue weighted by molar-refractivity contribution is 6.63. The molecule has 2 nitrogen and oxygen atoms in total. The Morgan fingerprint density at radius 2 is 0.935 bits per heavy atom. The molecule has 280 valence electrons. The number of furan rings is 1. The van der Waals surface area contributed by atoms with Gasteiger partial charge in [0.25, 0.3) is 0 Å². The third kappa shape index (κ3) is 6.17. The van der Waals surface area contributed by atoms with E-state index in [1.807, 2.05) is 60.7 Å². The molecule has 0 aliphatic carbocycles. The topological polar surface area (TPSA) is 16.4 Å². The van der Waals surface area contributed by atoms with Gasteiger partial charge >= 0.3 is 0 Å². The van der Waals surface area contributed by atoms with Crippen molar-refractivity contribution >= 4 is 114 Å². The first-order valence-corrected chi connectivity index (χ1v) is 20.7. The lowest BCUT2D eigenvalue weighted by Crippen LogP contribution is -2.46. The van der Waals surface area contributed by atoms with E-state index in [2.05, 4.69) is 144 Å². The van der Waals surface area contributed by atoms with Crippen LogP contribution in [-0.4, -0.2) is 31.4 Å². The van der Waals surface area contributed by atoms with E-state index in [-0.39, 0.29) is 0 Å². The predicted octanol–water partition coefficient (Wildman–Crippen LogP) is 11.2. The standard InChI is InChI=1S/C56H33B4NO/c57-51-49(38-29-27-35(28-30-38)34-13-2-1-3-14-34)52(58)54(60)55(53(51)59)61(40-19-10-18-39(33-40)42-23-11-17-36-15-4-6-20-41(36)42)47-25-9-8-22-44(47)45-24-12-26-48-50(45)46-32-31-37-16-5-7-21-43(37)56(46)62-48/h1-33H. The van der Waals surface area contributed by atoms with Crippen LogP contribution in [0.3, 0.4) is 0 Å². The van der Waals surface area contributed by atoms with E-state index < -0.39 is 0 Å². The van der Waals surface area contributed by atoms with Crippen LogP contribution >= 0.6 is 0 Å². The first kappa shape index (κ1) is 37.6. The molecule has 0 saturated heterocycles. The van der Waals surface area contributed by atoms with Crippen LogP contribution in [-0.2, 0) is 0 Å². The Labute approximate surface area is 366 Å². The molecule has 0 saturated carbocycles. The fraction of sp³-hybridized carbons (Fsp3) is 0. The van der Waals surface area contributed by atoms with Crippen LogP contribution in [0, 0.1) is 0 Å². The molecule has 0 fully saturated rings. The lowest BCUT2D eigenvalue weighted by molar-refractivity contribution is 0.673. The zero-order valence-electron chi connectivity index (χ0n) is 33.7. The molecule has 10 aromatic carbocycles. The minimum Gasteiger partial charge on any atom is -0.455 e. The molecule has 0 N–H and O–H groups in total. The van der Waals surface area contributed by atoms with Crippen LogP contribution in [0.1, 0.15) is 0 Å². The molecule has 0 amide bonds.